The summed E-state index contributed by atoms with van der Waals surface area (Å²) in [5.74, 6) is -0.707. The molecule has 0 radical (unpaired) electrons. The number of amides is 2. The number of aliphatic hydroxyl groups is 1. The van der Waals surface area contributed by atoms with Gasteiger partial charge in [0.15, 0.2) is 0 Å². The maximum Gasteiger partial charge on any atom is 0.320 e. The SMILES string of the molecule is CC1CC(O)CC(Oc2cc(CCCCN)ccc2COC(=O)CN)O1.O=CCN1C(=O)C=CC1=O.O=CO. The molecule has 3 unspecified atom stereocenters. The molecule has 0 bridgehead atoms. The Morgan fingerprint density at radius 3 is 2.38 bits per heavy atom. The van der Waals surface area contributed by atoms with E-state index in [0.29, 0.717) is 31.4 Å². The number of hydrogen-bond acceptors (Lipinski definition) is 11. The second kappa shape index (κ2) is 18.6. The lowest BCUT2D eigenvalue weighted by Gasteiger charge is -2.32. The number of rotatable bonds is 11. The number of ether oxygens (including phenoxy) is 3. The van der Waals surface area contributed by atoms with Crippen LogP contribution in [0.25, 0.3) is 0 Å². The first-order valence-electron chi connectivity index (χ1n) is 12.4. The maximum atomic E-state index is 11.4. The third kappa shape index (κ3) is 12.6. The van der Waals surface area contributed by atoms with Gasteiger partial charge in [0.2, 0.25) is 6.29 Å². The van der Waals surface area contributed by atoms with Crippen LogP contribution in [-0.4, -0.2) is 83.8 Å². The Kier molecular flexibility index (Phi) is 15.9. The van der Waals surface area contributed by atoms with Crippen molar-refractivity contribution in [2.75, 3.05) is 19.6 Å². The predicted molar refractivity (Wildman–Crippen MR) is 138 cm³/mol. The zero-order valence-corrected chi connectivity index (χ0v) is 21.9. The number of carbonyl (C=O) groups excluding carboxylic acids is 4. The number of benzene rings is 1. The number of aldehydes is 1. The molecule has 13 nitrogen and oxygen atoms in total. The van der Waals surface area contributed by atoms with E-state index < -0.39 is 30.2 Å². The predicted octanol–water partition coefficient (Wildman–Crippen LogP) is 0.0457. The van der Waals surface area contributed by atoms with E-state index in [2.05, 4.69) is 0 Å². The van der Waals surface area contributed by atoms with Gasteiger partial charge in [-0.25, -0.2) is 0 Å². The summed E-state index contributed by atoms with van der Waals surface area (Å²) in [7, 11) is 0. The van der Waals surface area contributed by atoms with Gasteiger partial charge < -0.3 is 40.7 Å². The minimum Gasteiger partial charge on any atom is -0.483 e. The molecular weight excluding hydrogens is 514 g/mol. The lowest BCUT2D eigenvalue weighted by atomic mass is 10.0. The van der Waals surface area contributed by atoms with Crippen molar-refractivity contribution in [3.63, 3.8) is 0 Å². The topological polar surface area (TPSA) is 209 Å². The molecular formula is C26H37N3O10. The number of imide groups is 1. The van der Waals surface area contributed by atoms with Gasteiger partial charge in [-0.15, -0.1) is 0 Å². The van der Waals surface area contributed by atoms with E-state index in [0.717, 1.165) is 47.4 Å². The number of hydrogen-bond donors (Lipinski definition) is 4. The highest BCUT2D eigenvalue weighted by molar-refractivity contribution is 6.13. The van der Waals surface area contributed by atoms with Gasteiger partial charge in [-0.05, 0) is 50.8 Å². The fourth-order valence-corrected chi connectivity index (χ4v) is 3.65. The Labute approximate surface area is 226 Å². The van der Waals surface area contributed by atoms with Gasteiger partial charge in [-0.3, -0.25) is 24.1 Å². The smallest absolute Gasteiger partial charge is 0.320 e. The van der Waals surface area contributed by atoms with Gasteiger partial charge in [-0.2, -0.15) is 0 Å². The van der Waals surface area contributed by atoms with Crippen molar-refractivity contribution < 1.29 is 48.4 Å². The average molecular weight is 552 g/mol. The molecule has 0 spiro atoms. The average Bonchev–Trinajstić information content (AvgIpc) is 3.21. The molecule has 2 aliphatic rings. The highest BCUT2D eigenvalue weighted by Crippen LogP contribution is 2.28. The van der Waals surface area contributed by atoms with E-state index in [4.69, 9.17) is 35.6 Å². The lowest BCUT2D eigenvalue weighted by molar-refractivity contribution is -0.170. The zero-order chi connectivity index (χ0) is 29.2. The molecule has 1 aromatic rings. The van der Waals surface area contributed by atoms with Crippen molar-refractivity contribution >= 4 is 30.5 Å². The van der Waals surface area contributed by atoms with Crippen molar-refractivity contribution in [2.45, 2.75) is 64.1 Å². The van der Waals surface area contributed by atoms with Crippen molar-refractivity contribution in [1.29, 1.82) is 0 Å². The highest BCUT2D eigenvalue weighted by atomic mass is 16.7. The summed E-state index contributed by atoms with van der Waals surface area (Å²) in [5, 5.41) is 16.8. The van der Waals surface area contributed by atoms with Gasteiger partial charge in [0.1, 0.15) is 18.6 Å². The van der Waals surface area contributed by atoms with E-state index in [1.54, 1.807) is 0 Å². The number of aliphatic hydroxyl groups excluding tert-OH is 1. The van der Waals surface area contributed by atoms with E-state index in [9.17, 15) is 24.3 Å². The Morgan fingerprint density at radius 1 is 1.15 bits per heavy atom. The van der Waals surface area contributed by atoms with Crippen LogP contribution in [-0.2, 0) is 46.5 Å². The Hall–Kier alpha value is -3.65. The highest BCUT2D eigenvalue weighted by Gasteiger charge is 2.28. The number of aryl methyl sites for hydroxylation is 1. The van der Waals surface area contributed by atoms with Crippen molar-refractivity contribution in [3.05, 3.63) is 41.5 Å². The third-order valence-electron chi connectivity index (χ3n) is 5.48. The summed E-state index contributed by atoms with van der Waals surface area (Å²) in [5.41, 5.74) is 12.7. The van der Waals surface area contributed by atoms with Crippen LogP contribution in [0.1, 0.15) is 43.7 Å². The van der Waals surface area contributed by atoms with E-state index in [1.165, 1.54) is 0 Å². The van der Waals surface area contributed by atoms with Crippen LogP contribution in [0, 0.1) is 0 Å². The molecule has 3 rings (SSSR count). The lowest BCUT2D eigenvalue weighted by Crippen LogP contribution is -2.37. The Balaban J connectivity index is 0.000000483. The second-order valence-corrected chi connectivity index (χ2v) is 8.56. The fourth-order valence-electron chi connectivity index (χ4n) is 3.65. The van der Waals surface area contributed by atoms with E-state index in [1.807, 2.05) is 25.1 Å². The quantitative estimate of drug-likeness (QED) is 0.124. The van der Waals surface area contributed by atoms with Gasteiger partial charge >= 0.3 is 5.97 Å². The van der Waals surface area contributed by atoms with Crippen LogP contribution in [0.3, 0.4) is 0 Å². The minimum atomic E-state index is -0.531. The van der Waals surface area contributed by atoms with Crippen molar-refractivity contribution in [2.24, 2.45) is 11.5 Å². The van der Waals surface area contributed by atoms with Crippen LogP contribution >= 0.6 is 0 Å². The molecule has 13 heteroatoms. The standard InChI is InChI=1S/C19H30N2O5.C6H5NO3.CH2O2/c1-13-8-16(22)10-19(25-13)26-17-9-14(4-2-3-7-20)5-6-15(17)12-24-18(23)11-21;8-4-3-7-5(9)1-2-6(7)10;2-1-3/h5-6,9,13,16,19,22H,2-4,7-8,10-12,20-21H2,1H3;1-2,4H,3H2;1H,(H,2,3). The normalized spacial score (nSPS) is 19.8. The summed E-state index contributed by atoms with van der Waals surface area (Å²) in [4.78, 5) is 51.7. The molecule has 2 amide bonds. The van der Waals surface area contributed by atoms with Crippen LogP contribution in [0.4, 0.5) is 0 Å². The van der Waals surface area contributed by atoms with Gasteiger partial charge in [-0.1, -0.05) is 12.1 Å². The summed E-state index contributed by atoms with van der Waals surface area (Å²) >= 11 is 0. The summed E-state index contributed by atoms with van der Waals surface area (Å²) in [6.07, 6.45) is 5.60. The van der Waals surface area contributed by atoms with Gasteiger partial charge in [0.25, 0.3) is 18.3 Å². The Bertz CT molecular complexity index is 957. The van der Waals surface area contributed by atoms with Crippen LogP contribution < -0.4 is 16.2 Å². The molecule has 0 aliphatic carbocycles. The molecule has 1 fully saturated rings. The molecule has 0 aromatic heterocycles. The zero-order valence-electron chi connectivity index (χ0n) is 21.9. The molecule has 2 heterocycles. The molecule has 3 atom stereocenters. The third-order valence-corrected chi connectivity index (χ3v) is 5.48. The monoisotopic (exact) mass is 551 g/mol. The number of unbranched alkanes of at least 4 members (excludes halogenated alkanes) is 1. The first kappa shape index (κ1) is 33.4. The molecule has 39 heavy (non-hydrogen) atoms. The number of nitrogens with two attached hydrogens (primary N) is 2. The van der Waals surface area contributed by atoms with Crippen LogP contribution in [0.2, 0.25) is 0 Å². The van der Waals surface area contributed by atoms with Crippen LogP contribution in [0.5, 0.6) is 5.75 Å². The maximum absolute atomic E-state index is 11.4. The molecule has 216 valence electrons. The van der Waals surface area contributed by atoms with E-state index in [-0.39, 0.29) is 32.3 Å². The Morgan fingerprint density at radius 2 is 1.82 bits per heavy atom. The van der Waals surface area contributed by atoms with Gasteiger partial charge in [0, 0.05) is 24.1 Å². The molecule has 1 aromatic carbocycles. The number of carbonyl (C=O) groups is 5. The summed E-state index contributed by atoms with van der Waals surface area (Å²) < 4.78 is 16.9. The number of carboxylic acid groups (broad SMARTS) is 1. The largest absolute Gasteiger partial charge is 0.483 e. The van der Waals surface area contributed by atoms with Gasteiger partial charge in [0.05, 0.1) is 25.3 Å². The van der Waals surface area contributed by atoms with Crippen LogP contribution in [0.15, 0.2) is 30.4 Å². The van der Waals surface area contributed by atoms with Crippen molar-refractivity contribution in [3.8, 4) is 5.75 Å². The second-order valence-electron chi connectivity index (χ2n) is 8.56. The number of esters is 1. The van der Waals surface area contributed by atoms with Crippen molar-refractivity contribution in [1.82, 2.24) is 4.90 Å². The summed E-state index contributed by atoms with van der Waals surface area (Å²) in [6, 6.07) is 5.82. The first-order valence-corrected chi connectivity index (χ1v) is 12.4. The first-order chi connectivity index (χ1) is 18.7. The fraction of sp³-hybridized carbons (Fsp3) is 0.500. The summed E-state index contributed by atoms with van der Waals surface area (Å²) in [6.45, 7) is 2.10. The molecule has 6 N–H and O–H groups in total. The minimum absolute atomic E-state index is 0.0741. The number of nitrogens with zero attached hydrogens (tertiary/aromatic N) is 1. The van der Waals surface area contributed by atoms with E-state index >= 15 is 0 Å². The molecule has 2 aliphatic heterocycles. The molecule has 0 saturated carbocycles. The molecule has 1 saturated heterocycles.